The largest absolute Gasteiger partial charge is 0.416 e. The lowest BCUT2D eigenvalue weighted by Crippen LogP contribution is -2.44. The van der Waals surface area contributed by atoms with Gasteiger partial charge in [0.15, 0.2) is 5.82 Å². The van der Waals surface area contributed by atoms with Crippen molar-refractivity contribution in [1.29, 1.82) is 0 Å². The van der Waals surface area contributed by atoms with E-state index in [1.165, 1.54) is 15.8 Å². The molecule has 8 nitrogen and oxygen atoms in total. The van der Waals surface area contributed by atoms with Gasteiger partial charge in [-0.25, -0.2) is 18.9 Å². The van der Waals surface area contributed by atoms with Crippen molar-refractivity contribution in [3.63, 3.8) is 0 Å². The Bertz CT molecular complexity index is 1120. The molecule has 0 bridgehead atoms. The van der Waals surface area contributed by atoms with Crippen molar-refractivity contribution in [2.75, 3.05) is 25.0 Å². The van der Waals surface area contributed by atoms with E-state index in [1.54, 1.807) is 18.9 Å². The summed E-state index contributed by atoms with van der Waals surface area (Å²) in [6.07, 6.45) is -1.35. The summed E-state index contributed by atoms with van der Waals surface area (Å²) in [6, 6.07) is 1.46. The molecule has 2 atom stereocenters. The lowest BCUT2D eigenvalue weighted by atomic mass is 9.97. The number of benzene rings is 1. The maximum atomic E-state index is 13.9. The summed E-state index contributed by atoms with van der Waals surface area (Å²) in [4.78, 5) is 20.5. The molecule has 0 aliphatic carbocycles. The third-order valence-electron chi connectivity index (χ3n) is 6.45. The number of nitrogens with one attached hydrogen (secondary N) is 1. The minimum atomic E-state index is -4.61. The highest BCUT2D eigenvalue weighted by atomic mass is 19.4. The molecule has 0 spiro atoms. The summed E-state index contributed by atoms with van der Waals surface area (Å²) in [5, 5.41) is 16.8. The molecule has 2 saturated heterocycles. The topological polar surface area (TPSA) is 86.0 Å². The summed E-state index contributed by atoms with van der Waals surface area (Å²) in [5.74, 6) is 0.0284. The number of halogens is 4. The predicted molar refractivity (Wildman–Crippen MR) is 122 cm³/mol. The summed E-state index contributed by atoms with van der Waals surface area (Å²) >= 11 is 0. The lowest BCUT2D eigenvalue weighted by molar-refractivity contribution is -0.138. The van der Waals surface area contributed by atoms with Crippen molar-refractivity contribution >= 4 is 23.4 Å². The Balaban J connectivity index is 1.59. The van der Waals surface area contributed by atoms with Gasteiger partial charge in [-0.2, -0.15) is 18.3 Å². The van der Waals surface area contributed by atoms with Gasteiger partial charge in [-0.05, 0) is 56.4 Å². The van der Waals surface area contributed by atoms with E-state index in [0.717, 1.165) is 18.2 Å². The molecule has 35 heavy (non-hydrogen) atoms. The molecule has 2 aliphatic heterocycles. The van der Waals surface area contributed by atoms with E-state index < -0.39 is 29.7 Å². The number of likely N-dealkylation sites (tertiary alicyclic amines) is 2. The van der Waals surface area contributed by atoms with Gasteiger partial charge in [0.2, 0.25) is 0 Å². The van der Waals surface area contributed by atoms with Gasteiger partial charge < -0.3 is 20.2 Å². The third kappa shape index (κ3) is 5.42. The molecule has 0 radical (unpaired) electrons. The Morgan fingerprint density at radius 1 is 1.23 bits per heavy atom. The Morgan fingerprint density at radius 3 is 2.69 bits per heavy atom. The number of amidine groups is 1. The third-order valence-corrected chi connectivity index (χ3v) is 6.45. The van der Waals surface area contributed by atoms with Crippen molar-refractivity contribution in [3.8, 4) is 0 Å². The second kappa shape index (κ2) is 9.84. The van der Waals surface area contributed by atoms with Crippen LogP contribution in [0.5, 0.6) is 0 Å². The number of β-amino-alcohol motifs (C(OH)–C–C–N with tert-alkyl or cyclic N) is 1. The van der Waals surface area contributed by atoms with E-state index >= 15 is 0 Å². The number of aliphatic imine (C=N–C) groups is 1. The van der Waals surface area contributed by atoms with Gasteiger partial charge in [0, 0.05) is 26.7 Å². The van der Waals surface area contributed by atoms with Crippen LogP contribution in [0.2, 0.25) is 0 Å². The summed E-state index contributed by atoms with van der Waals surface area (Å²) in [6.45, 7) is 2.88. The minimum absolute atomic E-state index is 0.119. The second-order valence-electron chi connectivity index (χ2n) is 8.92. The molecule has 190 valence electrons. The van der Waals surface area contributed by atoms with Gasteiger partial charge in [0.25, 0.3) is 0 Å². The number of aliphatic hydroxyl groups is 1. The number of aliphatic hydroxyl groups excluding tert-OH is 1. The van der Waals surface area contributed by atoms with Crippen LogP contribution in [0, 0.1) is 5.82 Å². The minimum Gasteiger partial charge on any atom is -0.391 e. The first kappa shape index (κ1) is 25.0. The van der Waals surface area contributed by atoms with E-state index in [4.69, 9.17) is 0 Å². The molecule has 0 saturated carbocycles. The number of amides is 2. The van der Waals surface area contributed by atoms with E-state index in [1.807, 2.05) is 0 Å². The van der Waals surface area contributed by atoms with Crippen LogP contribution < -0.4 is 5.32 Å². The van der Waals surface area contributed by atoms with Crippen molar-refractivity contribution in [1.82, 2.24) is 19.6 Å². The molecule has 2 fully saturated rings. The van der Waals surface area contributed by atoms with Gasteiger partial charge in [-0.1, -0.05) is 0 Å². The van der Waals surface area contributed by atoms with E-state index in [2.05, 4.69) is 15.4 Å². The highest BCUT2D eigenvalue weighted by molar-refractivity contribution is 5.93. The SMILES string of the molecule is CC(=Nc1c(NC(=O)N2CCC[C@H](O)C2)cnn1C)N1CCC[C@@H]1c1cc(F)ccc1C(F)(F)F. The highest BCUT2D eigenvalue weighted by Crippen LogP contribution is 2.41. The fourth-order valence-electron chi connectivity index (χ4n) is 4.75. The van der Waals surface area contributed by atoms with Crippen LogP contribution >= 0.6 is 0 Å². The molecule has 4 rings (SSSR count). The number of hydrogen-bond acceptors (Lipinski definition) is 4. The normalized spacial score (nSPS) is 21.5. The van der Waals surface area contributed by atoms with Crippen molar-refractivity contribution in [3.05, 3.63) is 41.3 Å². The van der Waals surface area contributed by atoms with Gasteiger partial charge >= 0.3 is 12.2 Å². The molecule has 2 N–H and O–H groups in total. The fraction of sp³-hybridized carbons (Fsp3) is 0.522. The Labute approximate surface area is 200 Å². The number of aromatic nitrogens is 2. The lowest BCUT2D eigenvalue weighted by Gasteiger charge is -2.30. The monoisotopic (exact) mass is 496 g/mol. The van der Waals surface area contributed by atoms with Crippen molar-refractivity contribution in [2.45, 2.75) is 50.9 Å². The highest BCUT2D eigenvalue weighted by Gasteiger charge is 2.38. The molecule has 2 aliphatic rings. The smallest absolute Gasteiger partial charge is 0.391 e. The Morgan fingerprint density at radius 2 is 1.97 bits per heavy atom. The number of piperidine rings is 1. The molecule has 3 heterocycles. The number of anilines is 1. The number of aryl methyl sites for hydroxylation is 1. The number of carbonyl (C=O) groups is 1. The van der Waals surface area contributed by atoms with Crippen LogP contribution in [0.4, 0.5) is 33.9 Å². The first-order valence-corrected chi connectivity index (χ1v) is 11.5. The molecule has 1 aromatic carbocycles. The van der Waals surface area contributed by atoms with Gasteiger partial charge in [-0.15, -0.1) is 0 Å². The average molecular weight is 497 g/mol. The zero-order valence-electron chi connectivity index (χ0n) is 19.5. The number of rotatable bonds is 3. The number of alkyl halides is 3. The number of carbonyl (C=O) groups excluding carboxylic acids is 1. The molecule has 2 amide bonds. The van der Waals surface area contributed by atoms with Crippen LogP contribution in [0.3, 0.4) is 0 Å². The van der Waals surface area contributed by atoms with Crippen LogP contribution in [0.15, 0.2) is 29.4 Å². The van der Waals surface area contributed by atoms with Crippen LogP contribution in [0.25, 0.3) is 0 Å². The number of urea groups is 1. The standard InChI is InChI=1S/C23H28F4N6O2/c1-14(33-10-4-6-20(33)17-11-15(24)7-8-18(17)23(25,26)27)29-21-19(12-28-31(21)2)30-22(35)32-9-3-5-16(34)13-32/h7-8,11-12,16,20,34H,3-6,9-10,13H2,1-2H3,(H,30,35)/t16-,20+/m0/s1. The van der Waals surface area contributed by atoms with Gasteiger partial charge in [0.1, 0.15) is 17.3 Å². The maximum absolute atomic E-state index is 13.9. The van der Waals surface area contributed by atoms with Crippen LogP contribution in [0.1, 0.15) is 49.8 Å². The summed E-state index contributed by atoms with van der Waals surface area (Å²) in [5.41, 5.74) is -0.637. The van der Waals surface area contributed by atoms with Crippen molar-refractivity contribution in [2.24, 2.45) is 12.0 Å². The quantitative estimate of drug-likeness (QED) is 0.374. The van der Waals surface area contributed by atoms with Crippen molar-refractivity contribution < 1.29 is 27.5 Å². The van der Waals surface area contributed by atoms with E-state index in [9.17, 15) is 27.5 Å². The first-order valence-electron chi connectivity index (χ1n) is 11.5. The van der Waals surface area contributed by atoms with E-state index in [0.29, 0.717) is 56.1 Å². The van der Waals surface area contributed by atoms with E-state index in [-0.39, 0.29) is 18.1 Å². The number of nitrogens with zero attached hydrogens (tertiary/aromatic N) is 5. The molecular formula is C23H28F4N6O2. The van der Waals surface area contributed by atoms with Gasteiger partial charge in [-0.3, -0.25) is 0 Å². The maximum Gasteiger partial charge on any atom is 0.416 e. The first-order chi connectivity index (χ1) is 16.5. The zero-order chi connectivity index (χ0) is 25.3. The molecule has 0 unspecified atom stereocenters. The molecule has 2 aromatic rings. The summed E-state index contributed by atoms with van der Waals surface area (Å²) in [7, 11) is 1.64. The zero-order valence-corrected chi connectivity index (χ0v) is 19.5. The van der Waals surface area contributed by atoms with Crippen LogP contribution in [-0.2, 0) is 13.2 Å². The predicted octanol–water partition coefficient (Wildman–Crippen LogP) is 4.45. The van der Waals surface area contributed by atoms with Crippen LogP contribution in [-0.4, -0.2) is 62.3 Å². The molecular weight excluding hydrogens is 468 g/mol. The second-order valence-corrected chi connectivity index (χ2v) is 8.92. The summed E-state index contributed by atoms with van der Waals surface area (Å²) < 4.78 is 56.3. The average Bonchev–Trinajstić information content (AvgIpc) is 3.41. The molecule has 12 heteroatoms. The number of hydrogen-bond donors (Lipinski definition) is 2. The Hall–Kier alpha value is -3.15. The molecule has 1 aromatic heterocycles. The fourth-order valence-corrected chi connectivity index (χ4v) is 4.75. The van der Waals surface area contributed by atoms with Gasteiger partial charge in [0.05, 0.1) is 23.9 Å². The Kier molecular flexibility index (Phi) is 7.02.